The standard InChI is InChI=1S/C21H14FNO3/c22-19-8-4-3-7-18(19)20-12-17(23-26-20)13-25-21(24)16-10-9-14-5-1-2-6-15(14)11-16/h1-12H,13H2. The first-order chi connectivity index (χ1) is 12.7. The van der Waals surface area contributed by atoms with Gasteiger partial charge in [0.15, 0.2) is 5.76 Å². The van der Waals surface area contributed by atoms with E-state index in [9.17, 15) is 9.18 Å². The van der Waals surface area contributed by atoms with E-state index < -0.39 is 11.8 Å². The third-order valence-corrected chi connectivity index (χ3v) is 4.03. The summed E-state index contributed by atoms with van der Waals surface area (Å²) in [6, 6.07) is 21.0. The van der Waals surface area contributed by atoms with Gasteiger partial charge in [0.1, 0.15) is 18.1 Å². The van der Waals surface area contributed by atoms with E-state index in [1.54, 1.807) is 36.4 Å². The topological polar surface area (TPSA) is 52.3 Å². The third-order valence-electron chi connectivity index (χ3n) is 4.03. The lowest BCUT2D eigenvalue weighted by Gasteiger charge is -2.04. The maximum atomic E-state index is 13.8. The Hall–Kier alpha value is -3.47. The molecule has 0 atom stereocenters. The minimum atomic E-state index is -0.453. The monoisotopic (exact) mass is 347 g/mol. The SMILES string of the molecule is O=C(OCc1cc(-c2ccccc2F)on1)c1ccc2ccccc2c1. The highest BCUT2D eigenvalue weighted by atomic mass is 19.1. The average molecular weight is 347 g/mol. The van der Waals surface area contributed by atoms with Crippen molar-refractivity contribution in [3.8, 4) is 11.3 Å². The number of hydrogen-bond acceptors (Lipinski definition) is 4. The minimum absolute atomic E-state index is 0.0520. The fourth-order valence-electron chi connectivity index (χ4n) is 2.71. The molecule has 0 unspecified atom stereocenters. The lowest BCUT2D eigenvalue weighted by atomic mass is 10.1. The summed E-state index contributed by atoms with van der Waals surface area (Å²) in [5.41, 5.74) is 1.19. The van der Waals surface area contributed by atoms with Gasteiger partial charge in [0, 0.05) is 6.07 Å². The van der Waals surface area contributed by atoms with Crippen molar-refractivity contribution in [3.05, 3.63) is 89.9 Å². The second kappa shape index (κ2) is 6.80. The molecule has 0 radical (unpaired) electrons. The average Bonchev–Trinajstić information content (AvgIpc) is 3.15. The summed E-state index contributed by atoms with van der Waals surface area (Å²) < 4.78 is 24.2. The van der Waals surface area contributed by atoms with E-state index >= 15 is 0 Å². The summed E-state index contributed by atoms with van der Waals surface area (Å²) in [5.74, 6) is -0.561. The number of rotatable bonds is 4. The molecule has 128 valence electrons. The molecule has 26 heavy (non-hydrogen) atoms. The summed E-state index contributed by atoms with van der Waals surface area (Å²) in [7, 11) is 0. The van der Waals surface area contributed by atoms with E-state index in [1.165, 1.54) is 6.07 Å². The van der Waals surface area contributed by atoms with Crippen LogP contribution in [0, 0.1) is 5.82 Å². The molecular formula is C21H14FNO3. The summed E-state index contributed by atoms with van der Waals surface area (Å²) in [4.78, 5) is 12.3. The highest BCUT2D eigenvalue weighted by Gasteiger charge is 2.13. The molecule has 0 amide bonds. The normalized spacial score (nSPS) is 10.8. The zero-order chi connectivity index (χ0) is 17.9. The van der Waals surface area contributed by atoms with Crippen LogP contribution in [0.3, 0.4) is 0 Å². The van der Waals surface area contributed by atoms with Crippen molar-refractivity contribution in [1.82, 2.24) is 5.16 Å². The van der Waals surface area contributed by atoms with Crippen LogP contribution in [0.15, 0.2) is 77.3 Å². The Labute approximate surface area is 148 Å². The van der Waals surface area contributed by atoms with E-state index in [1.807, 2.05) is 30.3 Å². The predicted molar refractivity (Wildman–Crippen MR) is 95.0 cm³/mol. The Balaban J connectivity index is 1.47. The van der Waals surface area contributed by atoms with Gasteiger partial charge in [-0.1, -0.05) is 47.6 Å². The van der Waals surface area contributed by atoms with Crippen LogP contribution >= 0.6 is 0 Å². The molecule has 3 aromatic carbocycles. The van der Waals surface area contributed by atoms with Crippen molar-refractivity contribution >= 4 is 16.7 Å². The zero-order valence-electron chi connectivity index (χ0n) is 13.7. The number of ether oxygens (including phenoxy) is 1. The number of benzene rings is 3. The van der Waals surface area contributed by atoms with Crippen LogP contribution in [0.2, 0.25) is 0 Å². The van der Waals surface area contributed by atoms with Crippen molar-refractivity contribution in [2.24, 2.45) is 0 Å². The Morgan fingerprint density at radius 1 is 0.962 bits per heavy atom. The molecule has 4 aromatic rings. The van der Waals surface area contributed by atoms with Gasteiger partial charge in [-0.15, -0.1) is 0 Å². The van der Waals surface area contributed by atoms with E-state index in [0.29, 0.717) is 22.6 Å². The van der Waals surface area contributed by atoms with Crippen molar-refractivity contribution in [1.29, 1.82) is 0 Å². The first-order valence-electron chi connectivity index (χ1n) is 8.07. The van der Waals surface area contributed by atoms with Crippen LogP contribution < -0.4 is 0 Å². The Kier molecular flexibility index (Phi) is 4.19. The molecule has 0 saturated heterocycles. The number of carbonyl (C=O) groups excluding carboxylic acids is 1. The van der Waals surface area contributed by atoms with Gasteiger partial charge in [-0.2, -0.15) is 0 Å². The number of nitrogens with zero attached hydrogens (tertiary/aromatic N) is 1. The lowest BCUT2D eigenvalue weighted by Crippen LogP contribution is -2.05. The molecule has 4 rings (SSSR count). The second-order valence-corrected chi connectivity index (χ2v) is 5.80. The molecule has 0 spiro atoms. The molecule has 0 aliphatic rings. The highest BCUT2D eigenvalue weighted by Crippen LogP contribution is 2.23. The van der Waals surface area contributed by atoms with Gasteiger partial charge in [-0.3, -0.25) is 0 Å². The van der Waals surface area contributed by atoms with Gasteiger partial charge in [-0.05, 0) is 35.0 Å². The second-order valence-electron chi connectivity index (χ2n) is 5.80. The molecule has 0 fully saturated rings. The van der Waals surface area contributed by atoms with Gasteiger partial charge in [0.2, 0.25) is 0 Å². The predicted octanol–water partition coefficient (Wildman–Crippen LogP) is 4.99. The van der Waals surface area contributed by atoms with Crippen LogP contribution in [0.25, 0.3) is 22.1 Å². The Morgan fingerprint density at radius 2 is 1.73 bits per heavy atom. The summed E-state index contributed by atoms with van der Waals surface area (Å²) in [5, 5.41) is 5.84. The first kappa shape index (κ1) is 16.0. The molecule has 0 N–H and O–H groups in total. The van der Waals surface area contributed by atoms with Crippen LogP contribution in [-0.2, 0) is 11.3 Å². The van der Waals surface area contributed by atoms with Gasteiger partial charge in [0.25, 0.3) is 0 Å². The lowest BCUT2D eigenvalue weighted by molar-refractivity contribution is 0.0464. The number of hydrogen-bond donors (Lipinski definition) is 0. The summed E-state index contributed by atoms with van der Waals surface area (Å²) in [6.45, 7) is -0.0520. The summed E-state index contributed by atoms with van der Waals surface area (Å²) >= 11 is 0. The number of esters is 1. The smallest absolute Gasteiger partial charge is 0.338 e. The van der Waals surface area contributed by atoms with Crippen LogP contribution in [0.1, 0.15) is 16.1 Å². The van der Waals surface area contributed by atoms with E-state index in [0.717, 1.165) is 10.8 Å². The van der Waals surface area contributed by atoms with Crippen LogP contribution in [0.5, 0.6) is 0 Å². The minimum Gasteiger partial charge on any atom is -0.455 e. The van der Waals surface area contributed by atoms with Crippen LogP contribution in [0.4, 0.5) is 4.39 Å². The molecule has 0 saturated carbocycles. The number of aromatic nitrogens is 1. The van der Waals surface area contributed by atoms with Gasteiger partial charge >= 0.3 is 5.97 Å². The number of carbonyl (C=O) groups is 1. The largest absolute Gasteiger partial charge is 0.455 e. The van der Waals surface area contributed by atoms with E-state index in [-0.39, 0.29) is 6.61 Å². The number of halogens is 1. The molecule has 4 nitrogen and oxygen atoms in total. The molecule has 0 bridgehead atoms. The van der Waals surface area contributed by atoms with Crippen LogP contribution in [-0.4, -0.2) is 11.1 Å². The third kappa shape index (κ3) is 3.19. The molecular weight excluding hydrogens is 333 g/mol. The van der Waals surface area contributed by atoms with E-state index in [2.05, 4.69) is 5.16 Å². The van der Waals surface area contributed by atoms with Gasteiger partial charge in [-0.25, -0.2) is 9.18 Å². The van der Waals surface area contributed by atoms with Gasteiger partial charge < -0.3 is 9.26 Å². The van der Waals surface area contributed by atoms with Gasteiger partial charge in [0.05, 0.1) is 11.1 Å². The van der Waals surface area contributed by atoms with E-state index in [4.69, 9.17) is 9.26 Å². The molecule has 5 heteroatoms. The van der Waals surface area contributed by atoms with Crippen molar-refractivity contribution in [3.63, 3.8) is 0 Å². The fourth-order valence-corrected chi connectivity index (χ4v) is 2.71. The Bertz CT molecular complexity index is 1090. The molecule has 0 aliphatic carbocycles. The maximum absolute atomic E-state index is 13.8. The van der Waals surface area contributed by atoms with Crippen molar-refractivity contribution in [2.45, 2.75) is 6.61 Å². The maximum Gasteiger partial charge on any atom is 0.338 e. The first-order valence-corrected chi connectivity index (χ1v) is 8.07. The Morgan fingerprint density at radius 3 is 2.58 bits per heavy atom. The molecule has 1 aromatic heterocycles. The molecule has 0 aliphatic heterocycles. The fraction of sp³-hybridized carbons (Fsp3) is 0.0476. The summed E-state index contributed by atoms with van der Waals surface area (Å²) in [6.07, 6.45) is 0. The zero-order valence-corrected chi connectivity index (χ0v) is 13.7. The number of fused-ring (bicyclic) bond motifs is 1. The highest BCUT2D eigenvalue weighted by molar-refractivity contribution is 5.95. The molecule has 1 heterocycles. The van der Waals surface area contributed by atoms with Crippen molar-refractivity contribution in [2.75, 3.05) is 0 Å². The van der Waals surface area contributed by atoms with Crippen molar-refractivity contribution < 1.29 is 18.4 Å². The quantitative estimate of drug-likeness (QED) is 0.488.